The lowest BCUT2D eigenvalue weighted by Gasteiger charge is -2.28. The molecule has 1 saturated carbocycles. The zero-order chi connectivity index (χ0) is 12.9. The van der Waals surface area contributed by atoms with Crippen molar-refractivity contribution in [3.63, 3.8) is 0 Å². The Hall–Kier alpha value is -1.71. The highest BCUT2D eigenvalue weighted by atomic mass is 16.1. The van der Waals surface area contributed by atoms with Crippen molar-refractivity contribution in [3.8, 4) is 0 Å². The van der Waals surface area contributed by atoms with Gasteiger partial charge in [0.05, 0.1) is 17.8 Å². The van der Waals surface area contributed by atoms with E-state index in [0.717, 1.165) is 28.5 Å². The second-order valence-electron chi connectivity index (χ2n) is 5.94. The number of nitrogens with one attached hydrogen (secondary N) is 2. The smallest absolute Gasteiger partial charge is 0.228 e. The molecule has 4 N–H and O–H groups in total. The summed E-state index contributed by atoms with van der Waals surface area (Å²) in [5, 5.41) is 6.38. The van der Waals surface area contributed by atoms with Gasteiger partial charge in [-0.25, -0.2) is 0 Å². The minimum Gasteiger partial charge on any atom is -0.397 e. The van der Waals surface area contributed by atoms with Crippen molar-refractivity contribution in [2.45, 2.75) is 38.6 Å². The van der Waals surface area contributed by atoms with Crippen LogP contribution < -0.4 is 16.4 Å². The average molecular weight is 245 g/mol. The highest BCUT2D eigenvalue weighted by Crippen LogP contribution is 2.42. The Morgan fingerprint density at radius 3 is 2.78 bits per heavy atom. The Morgan fingerprint density at radius 2 is 2.11 bits per heavy atom. The molecule has 1 aromatic rings. The number of nitrogen functional groups attached to an aromatic ring is 1. The zero-order valence-corrected chi connectivity index (χ0v) is 10.8. The van der Waals surface area contributed by atoms with E-state index in [2.05, 4.69) is 24.5 Å². The first-order valence-corrected chi connectivity index (χ1v) is 6.46. The van der Waals surface area contributed by atoms with Crippen LogP contribution in [0.25, 0.3) is 0 Å². The summed E-state index contributed by atoms with van der Waals surface area (Å²) in [7, 11) is 0. The highest BCUT2D eigenvalue weighted by molar-refractivity contribution is 6.00. The maximum atomic E-state index is 11.4. The van der Waals surface area contributed by atoms with Crippen LogP contribution in [0, 0.1) is 5.92 Å². The van der Waals surface area contributed by atoms with Crippen LogP contribution in [0.5, 0.6) is 0 Å². The van der Waals surface area contributed by atoms with E-state index in [4.69, 9.17) is 5.73 Å². The first-order valence-electron chi connectivity index (χ1n) is 6.46. The molecular formula is C14H19N3O. The Bertz CT molecular complexity index is 518. The third-order valence-electron chi connectivity index (χ3n) is 3.96. The van der Waals surface area contributed by atoms with Gasteiger partial charge in [-0.15, -0.1) is 0 Å². The molecule has 0 spiro atoms. The molecule has 4 heteroatoms. The molecule has 1 aliphatic carbocycles. The number of hydrogen-bond acceptors (Lipinski definition) is 3. The summed E-state index contributed by atoms with van der Waals surface area (Å²) in [6.07, 6.45) is 3.00. The van der Waals surface area contributed by atoms with Gasteiger partial charge in [-0.3, -0.25) is 4.79 Å². The normalized spacial score (nSPS) is 18.4. The van der Waals surface area contributed by atoms with E-state index in [0.29, 0.717) is 6.42 Å². The number of carbonyl (C=O) groups excluding carboxylic acids is 1. The molecule has 1 fully saturated rings. The Kier molecular flexibility index (Phi) is 2.30. The summed E-state index contributed by atoms with van der Waals surface area (Å²) >= 11 is 0. The molecule has 18 heavy (non-hydrogen) atoms. The molecule has 2 aliphatic rings. The maximum Gasteiger partial charge on any atom is 0.228 e. The van der Waals surface area contributed by atoms with Crippen LogP contribution >= 0.6 is 0 Å². The minimum atomic E-state index is 0.0444. The van der Waals surface area contributed by atoms with Gasteiger partial charge in [-0.05, 0) is 50.3 Å². The third-order valence-corrected chi connectivity index (χ3v) is 3.96. The van der Waals surface area contributed by atoms with E-state index in [9.17, 15) is 4.79 Å². The number of nitrogens with two attached hydrogens (primary N) is 1. The standard InChI is InChI=1S/C14H19N3O/c1-14(2,9-3-4-9)17-12-7-11-8(5-10(12)15)6-13(18)16-11/h5,7,9,17H,3-4,6,15H2,1-2H3,(H,16,18). The third kappa shape index (κ3) is 1.92. The van der Waals surface area contributed by atoms with E-state index >= 15 is 0 Å². The Balaban J connectivity index is 1.89. The summed E-state index contributed by atoms with van der Waals surface area (Å²) in [5.41, 5.74) is 9.66. The van der Waals surface area contributed by atoms with E-state index in [1.165, 1.54) is 12.8 Å². The number of anilines is 3. The fourth-order valence-corrected chi connectivity index (χ4v) is 2.66. The van der Waals surface area contributed by atoms with E-state index < -0.39 is 0 Å². The van der Waals surface area contributed by atoms with Gasteiger partial charge in [0.15, 0.2) is 0 Å². The largest absolute Gasteiger partial charge is 0.397 e. The van der Waals surface area contributed by atoms with E-state index in [1.807, 2.05) is 12.1 Å². The van der Waals surface area contributed by atoms with Crippen molar-refractivity contribution in [1.82, 2.24) is 0 Å². The molecule has 0 saturated heterocycles. The van der Waals surface area contributed by atoms with Crippen molar-refractivity contribution in [2.75, 3.05) is 16.4 Å². The van der Waals surface area contributed by atoms with Crippen LogP contribution in [0.15, 0.2) is 12.1 Å². The minimum absolute atomic E-state index is 0.0444. The summed E-state index contributed by atoms with van der Waals surface area (Å²) < 4.78 is 0. The van der Waals surface area contributed by atoms with Crippen LogP contribution in [0.2, 0.25) is 0 Å². The fraction of sp³-hybridized carbons (Fsp3) is 0.500. The first kappa shape index (κ1) is 11.4. The highest BCUT2D eigenvalue weighted by Gasteiger charge is 2.38. The summed E-state index contributed by atoms with van der Waals surface area (Å²) in [6.45, 7) is 4.41. The second kappa shape index (κ2) is 3.64. The SMILES string of the molecule is CC(C)(Nc1cc2c(cc1N)CC(=O)N2)C1CC1. The quantitative estimate of drug-likeness (QED) is 0.716. The predicted octanol–water partition coefficient (Wildman–Crippen LogP) is 2.36. The van der Waals surface area contributed by atoms with Crippen molar-refractivity contribution < 1.29 is 4.79 Å². The molecule has 1 amide bonds. The number of fused-ring (bicyclic) bond motifs is 1. The van der Waals surface area contributed by atoms with E-state index in [-0.39, 0.29) is 11.4 Å². The topological polar surface area (TPSA) is 67.1 Å². The predicted molar refractivity (Wildman–Crippen MR) is 73.6 cm³/mol. The molecule has 0 radical (unpaired) electrons. The van der Waals surface area contributed by atoms with Gasteiger partial charge in [0.25, 0.3) is 0 Å². The van der Waals surface area contributed by atoms with Crippen molar-refractivity contribution in [3.05, 3.63) is 17.7 Å². The molecule has 1 aliphatic heterocycles. The molecular weight excluding hydrogens is 226 g/mol. The number of amides is 1. The molecule has 1 aromatic carbocycles. The molecule has 1 heterocycles. The molecule has 96 valence electrons. The lowest BCUT2D eigenvalue weighted by Crippen LogP contribution is -2.33. The van der Waals surface area contributed by atoms with Gasteiger partial charge >= 0.3 is 0 Å². The van der Waals surface area contributed by atoms with Crippen molar-refractivity contribution in [2.24, 2.45) is 5.92 Å². The molecule has 0 atom stereocenters. The summed E-state index contributed by atoms with van der Waals surface area (Å²) in [6, 6.07) is 3.86. The van der Waals surface area contributed by atoms with Crippen LogP contribution in [0.3, 0.4) is 0 Å². The van der Waals surface area contributed by atoms with Crippen molar-refractivity contribution >= 4 is 23.0 Å². The summed E-state index contributed by atoms with van der Waals surface area (Å²) in [5.74, 6) is 0.766. The van der Waals surface area contributed by atoms with Gasteiger partial charge in [0.2, 0.25) is 5.91 Å². The van der Waals surface area contributed by atoms with Gasteiger partial charge in [-0.2, -0.15) is 0 Å². The summed E-state index contributed by atoms with van der Waals surface area (Å²) in [4.78, 5) is 11.4. The first-order chi connectivity index (χ1) is 8.45. The molecule has 4 nitrogen and oxygen atoms in total. The maximum absolute atomic E-state index is 11.4. The van der Waals surface area contributed by atoms with Gasteiger partial charge in [0.1, 0.15) is 0 Å². The van der Waals surface area contributed by atoms with Crippen LogP contribution in [0.4, 0.5) is 17.1 Å². The van der Waals surface area contributed by atoms with Gasteiger partial charge in [0, 0.05) is 11.2 Å². The molecule has 3 rings (SSSR count). The lowest BCUT2D eigenvalue weighted by atomic mass is 9.97. The van der Waals surface area contributed by atoms with Crippen LogP contribution in [-0.2, 0) is 11.2 Å². The van der Waals surface area contributed by atoms with Gasteiger partial charge in [-0.1, -0.05) is 0 Å². The average Bonchev–Trinajstić information content (AvgIpc) is 3.04. The fourth-order valence-electron chi connectivity index (χ4n) is 2.66. The number of carbonyl (C=O) groups is 1. The zero-order valence-electron chi connectivity index (χ0n) is 10.8. The number of rotatable bonds is 3. The van der Waals surface area contributed by atoms with Crippen molar-refractivity contribution in [1.29, 1.82) is 0 Å². The van der Waals surface area contributed by atoms with Crippen LogP contribution in [0.1, 0.15) is 32.3 Å². The monoisotopic (exact) mass is 245 g/mol. The number of hydrogen-bond donors (Lipinski definition) is 3. The molecule has 0 bridgehead atoms. The second-order valence-corrected chi connectivity index (χ2v) is 5.94. The Morgan fingerprint density at radius 1 is 1.39 bits per heavy atom. The van der Waals surface area contributed by atoms with Crippen LogP contribution in [-0.4, -0.2) is 11.4 Å². The number of benzene rings is 1. The Labute approximate surface area is 107 Å². The molecule has 0 unspecified atom stereocenters. The molecule has 0 aromatic heterocycles. The van der Waals surface area contributed by atoms with E-state index in [1.54, 1.807) is 0 Å². The van der Waals surface area contributed by atoms with Gasteiger partial charge < -0.3 is 16.4 Å². The lowest BCUT2D eigenvalue weighted by molar-refractivity contribution is -0.115.